The molecule has 0 aliphatic carbocycles. The topological polar surface area (TPSA) is 71.1 Å². The molecule has 1 N–H and O–H groups in total. The summed E-state index contributed by atoms with van der Waals surface area (Å²) in [5.74, 6) is 1.13. The molecule has 154 valence electrons. The molecule has 1 heterocycles. The van der Waals surface area contributed by atoms with Crippen LogP contribution < -0.4 is 14.8 Å². The lowest BCUT2D eigenvalue weighted by atomic mass is 10.1. The summed E-state index contributed by atoms with van der Waals surface area (Å²) in [6.07, 6.45) is 0. The lowest BCUT2D eigenvalue weighted by Gasteiger charge is -2.22. The Kier molecular flexibility index (Phi) is 6.39. The van der Waals surface area contributed by atoms with Crippen LogP contribution in [0.2, 0.25) is 0 Å². The van der Waals surface area contributed by atoms with Crippen LogP contribution in [0.15, 0.2) is 36.4 Å². The van der Waals surface area contributed by atoms with Crippen molar-refractivity contribution in [3.05, 3.63) is 53.1 Å². The molecule has 2 aromatic rings. The number of carbonyl (C=O) groups excluding carboxylic acids is 2. The van der Waals surface area contributed by atoms with Gasteiger partial charge in [0.2, 0.25) is 18.6 Å². The maximum atomic E-state index is 12.5. The maximum absolute atomic E-state index is 12.5. The predicted molar refractivity (Wildman–Crippen MR) is 111 cm³/mol. The summed E-state index contributed by atoms with van der Waals surface area (Å²) in [4.78, 5) is 28.2. The molecule has 7 nitrogen and oxygen atoms in total. The summed E-state index contributed by atoms with van der Waals surface area (Å²) < 4.78 is 10.7. The Morgan fingerprint density at radius 1 is 1.00 bits per heavy atom. The number of rotatable bonds is 7. The second kappa shape index (κ2) is 8.96. The molecule has 2 aromatic carbocycles. The zero-order valence-corrected chi connectivity index (χ0v) is 17.3. The number of anilines is 1. The Bertz CT molecular complexity index is 893. The normalized spacial score (nSPS) is 12.2. The Morgan fingerprint density at radius 2 is 1.69 bits per heavy atom. The SMILES string of the molecule is Cc1cccc(C)c1NC(=O)CN(C)C(=O)CN(C)Cc1ccc2c(c1)OCO2. The quantitative estimate of drug-likeness (QED) is 0.778. The van der Waals surface area contributed by atoms with Gasteiger partial charge in [-0.1, -0.05) is 24.3 Å². The van der Waals surface area contributed by atoms with E-state index in [0.29, 0.717) is 6.54 Å². The summed E-state index contributed by atoms with van der Waals surface area (Å²) in [7, 11) is 3.51. The number of hydrogen-bond donors (Lipinski definition) is 1. The monoisotopic (exact) mass is 397 g/mol. The van der Waals surface area contributed by atoms with E-state index in [4.69, 9.17) is 9.47 Å². The number of fused-ring (bicyclic) bond motifs is 1. The highest BCUT2D eigenvalue weighted by Gasteiger charge is 2.18. The number of hydrogen-bond acceptors (Lipinski definition) is 5. The highest BCUT2D eigenvalue weighted by Crippen LogP contribution is 2.32. The predicted octanol–water partition coefficient (Wildman–Crippen LogP) is 2.56. The molecule has 0 bridgehead atoms. The van der Waals surface area contributed by atoms with Crippen LogP contribution in [-0.2, 0) is 16.1 Å². The maximum Gasteiger partial charge on any atom is 0.243 e. The number of amides is 2. The molecule has 0 atom stereocenters. The third-order valence-electron chi connectivity index (χ3n) is 4.85. The number of para-hydroxylation sites is 1. The molecule has 7 heteroatoms. The van der Waals surface area contributed by atoms with E-state index in [0.717, 1.165) is 33.9 Å². The van der Waals surface area contributed by atoms with E-state index in [1.165, 1.54) is 4.90 Å². The third kappa shape index (κ3) is 5.26. The second-order valence-electron chi connectivity index (χ2n) is 7.42. The minimum Gasteiger partial charge on any atom is -0.454 e. The first-order valence-electron chi connectivity index (χ1n) is 9.50. The van der Waals surface area contributed by atoms with E-state index in [-0.39, 0.29) is 31.7 Å². The Hall–Kier alpha value is -3.06. The van der Waals surface area contributed by atoms with Crippen LogP contribution in [0.5, 0.6) is 11.5 Å². The molecule has 1 aliphatic rings. The Morgan fingerprint density at radius 3 is 2.41 bits per heavy atom. The van der Waals surface area contributed by atoms with Gasteiger partial charge in [-0.3, -0.25) is 14.5 Å². The lowest BCUT2D eigenvalue weighted by molar-refractivity contribution is -0.134. The van der Waals surface area contributed by atoms with Gasteiger partial charge in [0, 0.05) is 19.3 Å². The average Bonchev–Trinajstić information content (AvgIpc) is 3.12. The first-order valence-corrected chi connectivity index (χ1v) is 9.50. The smallest absolute Gasteiger partial charge is 0.243 e. The van der Waals surface area contributed by atoms with Crippen LogP contribution in [-0.4, -0.2) is 55.6 Å². The van der Waals surface area contributed by atoms with Crippen molar-refractivity contribution in [2.45, 2.75) is 20.4 Å². The van der Waals surface area contributed by atoms with E-state index >= 15 is 0 Å². The molecule has 2 amide bonds. The van der Waals surface area contributed by atoms with Gasteiger partial charge in [0.05, 0.1) is 13.1 Å². The molecule has 3 rings (SSSR count). The van der Waals surface area contributed by atoms with Gasteiger partial charge >= 0.3 is 0 Å². The summed E-state index contributed by atoms with van der Waals surface area (Å²) >= 11 is 0. The second-order valence-corrected chi connectivity index (χ2v) is 7.42. The number of aryl methyl sites for hydroxylation is 2. The fourth-order valence-corrected chi connectivity index (χ4v) is 3.25. The molecule has 1 aliphatic heterocycles. The van der Waals surface area contributed by atoms with E-state index in [9.17, 15) is 9.59 Å². The molecule has 0 spiro atoms. The van der Waals surface area contributed by atoms with Crippen LogP contribution in [0, 0.1) is 13.8 Å². The number of benzene rings is 2. The van der Waals surface area contributed by atoms with Gasteiger partial charge < -0.3 is 19.7 Å². The van der Waals surface area contributed by atoms with Crippen molar-refractivity contribution >= 4 is 17.5 Å². The summed E-state index contributed by atoms with van der Waals surface area (Å²) in [5.41, 5.74) is 3.82. The first kappa shape index (κ1) is 20.7. The van der Waals surface area contributed by atoms with Gasteiger partial charge in [-0.15, -0.1) is 0 Å². The van der Waals surface area contributed by atoms with Crippen molar-refractivity contribution in [2.24, 2.45) is 0 Å². The number of nitrogens with zero attached hydrogens (tertiary/aromatic N) is 2. The Labute approximate surface area is 171 Å². The van der Waals surface area contributed by atoms with Gasteiger partial charge in [0.1, 0.15) is 0 Å². The molecule has 0 aromatic heterocycles. The Balaban J connectivity index is 1.50. The van der Waals surface area contributed by atoms with Crippen molar-refractivity contribution in [3.8, 4) is 11.5 Å². The molecule has 0 saturated carbocycles. The van der Waals surface area contributed by atoms with Crippen molar-refractivity contribution in [1.29, 1.82) is 0 Å². The molecule has 0 radical (unpaired) electrons. The number of nitrogens with one attached hydrogen (secondary N) is 1. The van der Waals surface area contributed by atoms with Crippen LogP contribution in [0.1, 0.15) is 16.7 Å². The largest absolute Gasteiger partial charge is 0.454 e. The van der Waals surface area contributed by atoms with Crippen LogP contribution in [0.4, 0.5) is 5.69 Å². The number of carbonyl (C=O) groups is 2. The molecule has 0 fully saturated rings. The van der Waals surface area contributed by atoms with Gasteiger partial charge in [-0.25, -0.2) is 0 Å². The summed E-state index contributed by atoms with van der Waals surface area (Å²) in [6.45, 7) is 4.93. The molecule has 29 heavy (non-hydrogen) atoms. The zero-order valence-electron chi connectivity index (χ0n) is 17.3. The van der Waals surface area contributed by atoms with E-state index in [1.807, 2.05) is 62.2 Å². The van der Waals surface area contributed by atoms with Gasteiger partial charge in [-0.2, -0.15) is 0 Å². The highest BCUT2D eigenvalue weighted by atomic mass is 16.7. The third-order valence-corrected chi connectivity index (χ3v) is 4.85. The molecular weight excluding hydrogens is 370 g/mol. The highest BCUT2D eigenvalue weighted by molar-refractivity contribution is 5.95. The van der Waals surface area contributed by atoms with Crippen molar-refractivity contribution < 1.29 is 19.1 Å². The minimum atomic E-state index is -0.211. The molecule has 0 unspecified atom stereocenters. The fourth-order valence-electron chi connectivity index (χ4n) is 3.25. The van der Waals surface area contributed by atoms with E-state index in [1.54, 1.807) is 7.05 Å². The summed E-state index contributed by atoms with van der Waals surface area (Å²) in [6, 6.07) is 11.6. The zero-order chi connectivity index (χ0) is 21.0. The summed E-state index contributed by atoms with van der Waals surface area (Å²) in [5, 5.41) is 2.91. The molecule has 0 saturated heterocycles. The standard InChI is InChI=1S/C22H27N3O4/c1-15-6-5-7-16(2)22(15)23-20(26)12-25(4)21(27)13-24(3)11-17-8-9-18-19(10-17)29-14-28-18/h5-10H,11-14H2,1-4H3,(H,23,26). The minimum absolute atomic E-state index is 0.00444. The van der Waals surface area contributed by atoms with Crippen molar-refractivity contribution in [3.63, 3.8) is 0 Å². The number of likely N-dealkylation sites (N-methyl/N-ethyl adjacent to an activating group) is 2. The van der Waals surface area contributed by atoms with Crippen LogP contribution in [0.3, 0.4) is 0 Å². The van der Waals surface area contributed by atoms with Gasteiger partial charge in [0.25, 0.3) is 0 Å². The lowest BCUT2D eigenvalue weighted by Crippen LogP contribution is -2.40. The van der Waals surface area contributed by atoms with Crippen molar-refractivity contribution in [2.75, 3.05) is 39.3 Å². The van der Waals surface area contributed by atoms with Gasteiger partial charge in [-0.05, 0) is 49.7 Å². The van der Waals surface area contributed by atoms with Crippen LogP contribution in [0.25, 0.3) is 0 Å². The average molecular weight is 397 g/mol. The van der Waals surface area contributed by atoms with Crippen LogP contribution >= 0.6 is 0 Å². The van der Waals surface area contributed by atoms with E-state index < -0.39 is 0 Å². The number of ether oxygens (including phenoxy) is 2. The molecular formula is C22H27N3O4. The van der Waals surface area contributed by atoms with Gasteiger partial charge in [0.15, 0.2) is 11.5 Å². The van der Waals surface area contributed by atoms with Crippen molar-refractivity contribution in [1.82, 2.24) is 9.80 Å². The fraction of sp³-hybridized carbons (Fsp3) is 0.364. The first-order chi connectivity index (χ1) is 13.8. The van der Waals surface area contributed by atoms with E-state index in [2.05, 4.69) is 5.32 Å².